The summed E-state index contributed by atoms with van der Waals surface area (Å²) in [5.74, 6) is 0. The minimum Gasteiger partial charge on any atom is -0.382 e. The minimum atomic E-state index is 0.844. The van der Waals surface area contributed by atoms with E-state index in [0.717, 1.165) is 31.1 Å². The second-order valence-corrected chi connectivity index (χ2v) is 7.76. The van der Waals surface area contributed by atoms with Gasteiger partial charge < -0.3 is 4.74 Å². The van der Waals surface area contributed by atoms with Crippen molar-refractivity contribution in [2.75, 3.05) is 13.2 Å². The molecular formula is C16H16Br4O. The maximum atomic E-state index is 4.83. The standard InChI is InChI=1S/C12H6Br4.C4H10O/c13-9-1-7(2-10(14)5-9)8-3-11(15)6-12(16)4-8;1-3-5-4-2/h1-6H;3-4H2,1-2H3. The topological polar surface area (TPSA) is 9.23 Å². The highest BCUT2D eigenvalue weighted by molar-refractivity contribution is 9.11. The van der Waals surface area contributed by atoms with Crippen LogP contribution in [0.15, 0.2) is 54.3 Å². The number of ether oxygens (including phenoxy) is 1. The largest absolute Gasteiger partial charge is 0.382 e. The van der Waals surface area contributed by atoms with Crippen LogP contribution in [-0.4, -0.2) is 13.2 Å². The molecule has 0 unspecified atom stereocenters. The van der Waals surface area contributed by atoms with Crippen LogP contribution in [0, 0.1) is 0 Å². The van der Waals surface area contributed by atoms with Gasteiger partial charge in [0.15, 0.2) is 0 Å². The molecule has 0 aliphatic carbocycles. The molecule has 0 fully saturated rings. The van der Waals surface area contributed by atoms with Gasteiger partial charge in [-0.1, -0.05) is 63.7 Å². The Morgan fingerprint density at radius 2 is 0.905 bits per heavy atom. The lowest BCUT2D eigenvalue weighted by Gasteiger charge is -2.05. The first-order valence-electron chi connectivity index (χ1n) is 6.46. The lowest BCUT2D eigenvalue weighted by atomic mass is 10.1. The van der Waals surface area contributed by atoms with Crippen molar-refractivity contribution in [3.63, 3.8) is 0 Å². The van der Waals surface area contributed by atoms with E-state index in [1.54, 1.807) is 0 Å². The molecule has 0 spiro atoms. The van der Waals surface area contributed by atoms with E-state index in [1.807, 2.05) is 26.0 Å². The molecule has 0 aromatic heterocycles. The Hall–Kier alpha value is 0.320. The summed E-state index contributed by atoms with van der Waals surface area (Å²) in [4.78, 5) is 0. The molecule has 0 atom stereocenters. The maximum absolute atomic E-state index is 4.83. The van der Waals surface area contributed by atoms with Gasteiger partial charge in [-0.15, -0.1) is 0 Å². The Balaban J connectivity index is 0.000000383. The van der Waals surface area contributed by atoms with Crippen LogP contribution >= 0.6 is 63.7 Å². The second kappa shape index (κ2) is 10.2. The molecule has 2 aromatic rings. The van der Waals surface area contributed by atoms with Crippen molar-refractivity contribution >= 4 is 63.7 Å². The van der Waals surface area contributed by atoms with Gasteiger partial charge in [-0.2, -0.15) is 0 Å². The summed E-state index contributed by atoms with van der Waals surface area (Å²) in [7, 11) is 0. The van der Waals surface area contributed by atoms with Crippen LogP contribution in [0.25, 0.3) is 11.1 Å². The monoisotopic (exact) mass is 540 g/mol. The van der Waals surface area contributed by atoms with E-state index >= 15 is 0 Å². The van der Waals surface area contributed by atoms with Gasteiger partial charge in [0.25, 0.3) is 0 Å². The van der Waals surface area contributed by atoms with Crippen LogP contribution in [0.1, 0.15) is 13.8 Å². The fraction of sp³-hybridized carbons (Fsp3) is 0.250. The Kier molecular flexibility index (Phi) is 9.37. The first-order chi connectivity index (χ1) is 9.96. The van der Waals surface area contributed by atoms with Crippen molar-refractivity contribution in [3.8, 4) is 11.1 Å². The average Bonchev–Trinajstić information content (AvgIpc) is 2.38. The molecule has 0 heterocycles. The summed E-state index contributed by atoms with van der Waals surface area (Å²) >= 11 is 14.0. The van der Waals surface area contributed by atoms with E-state index in [9.17, 15) is 0 Å². The predicted octanol–water partition coefficient (Wildman–Crippen LogP) is 7.45. The van der Waals surface area contributed by atoms with Crippen molar-refractivity contribution in [1.82, 2.24) is 0 Å². The van der Waals surface area contributed by atoms with Gasteiger partial charge in [0.05, 0.1) is 0 Å². The van der Waals surface area contributed by atoms with Crippen LogP contribution in [0.4, 0.5) is 0 Å². The Bertz CT molecular complexity index is 492. The number of rotatable bonds is 3. The Morgan fingerprint density at radius 1 is 0.619 bits per heavy atom. The van der Waals surface area contributed by atoms with E-state index in [-0.39, 0.29) is 0 Å². The van der Waals surface area contributed by atoms with Crippen LogP contribution in [0.5, 0.6) is 0 Å². The molecule has 21 heavy (non-hydrogen) atoms. The molecule has 0 bridgehead atoms. The van der Waals surface area contributed by atoms with E-state index in [0.29, 0.717) is 0 Å². The summed E-state index contributed by atoms with van der Waals surface area (Å²) in [5, 5.41) is 0. The summed E-state index contributed by atoms with van der Waals surface area (Å²) in [6.07, 6.45) is 0. The number of hydrogen-bond donors (Lipinski definition) is 0. The molecular weight excluding hydrogens is 528 g/mol. The number of halogens is 4. The van der Waals surface area contributed by atoms with E-state index in [2.05, 4.69) is 88.0 Å². The molecule has 0 aliphatic rings. The first-order valence-corrected chi connectivity index (χ1v) is 9.63. The highest BCUT2D eigenvalue weighted by Gasteiger charge is 2.03. The summed E-state index contributed by atoms with van der Waals surface area (Å²) in [6.45, 7) is 5.67. The molecule has 2 rings (SSSR count). The fourth-order valence-electron chi connectivity index (χ4n) is 1.65. The summed E-state index contributed by atoms with van der Waals surface area (Å²) in [5.41, 5.74) is 2.34. The van der Waals surface area contributed by atoms with E-state index in [1.165, 1.54) is 11.1 Å². The second-order valence-electron chi connectivity index (χ2n) is 4.10. The van der Waals surface area contributed by atoms with Crippen molar-refractivity contribution in [2.45, 2.75) is 13.8 Å². The van der Waals surface area contributed by atoms with Gasteiger partial charge in [-0.3, -0.25) is 0 Å². The average molecular weight is 544 g/mol. The third-order valence-corrected chi connectivity index (χ3v) is 4.30. The number of hydrogen-bond acceptors (Lipinski definition) is 1. The highest BCUT2D eigenvalue weighted by atomic mass is 79.9. The zero-order valence-corrected chi connectivity index (χ0v) is 18.1. The molecule has 1 nitrogen and oxygen atoms in total. The van der Waals surface area contributed by atoms with Crippen molar-refractivity contribution in [1.29, 1.82) is 0 Å². The summed E-state index contributed by atoms with van der Waals surface area (Å²) < 4.78 is 9.09. The molecule has 0 saturated heterocycles. The third-order valence-electron chi connectivity index (χ3n) is 2.47. The van der Waals surface area contributed by atoms with Crippen LogP contribution in [0.2, 0.25) is 0 Å². The zero-order valence-electron chi connectivity index (χ0n) is 11.8. The van der Waals surface area contributed by atoms with E-state index < -0.39 is 0 Å². The van der Waals surface area contributed by atoms with Crippen molar-refractivity contribution < 1.29 is 4.74 Å². The van der Waals surface area contributed by atoms with Crippen LogP contribution < -0.4 is 0 Å². The SMILES string of the molecule is Brc1cc(Br)cc(-c2cc(Br)cc(Br)c2)c1.CCOCC. The molecule has 2 aromatic carbocycles. The maximum Gasteiger partial charge on any atom is 0.0437 e. The quantitative estimate of drug-likeness (QED) is 0.391. The Labute approximate surface area is 160 Å². The van der Waals surface area contributed by atoms with Crippen LogP contribution in [-0.2, 0) is 4.74 Å². The van der Waals surface area contributed by atoms with Gasteiger partial charge in [-0.25, -0.2) is 0 Å². The smallest absolute Gasteiger partial charge is 0.0437 e. The predicted molar refractivity (Wildman–Crippen MR) is 105 cm³/mol. The molecule has 0 aliphatic heterocycles. The normalized spacial score (nSPS) is 10.0. The lowest BCUT2D eigenvalue weighted by Crippen LogP contribution is -1.84. The van der Waals surface area contributed by atoms with Gasteiger partial charge >= 0.3 is 0 Å². The van der Waals surface area contributed by atoms with Crippen LogP contribution in [0.3, 0.4) is 0 Å². The molecule has 0 N–H and O–H groups in total. The molecule has 0 radical (unpaired) electrons. The fourth-order valence-corrected chi connectivity index (χ4v) is 4.23. The van der Waals surface area contributed by atoms with Gasteiger partial charge in [0.1, 0.15) is 0 Å². The minimum absolute atomic E-state index is 0.844. The van der Waals surface area contributed by atoms with Gasteiger partial charge in [0, 0.05) is 31.1 Å². The zero-order chi connectivity index (χ0) is 15.8. The molecule has 0 saturated carbocycles. The number of benzene rings is 2. The molecule has 5 heteroatoms. The van der Waals surface area contributed by atoms with Gasteiger partial charge in [-0.05, 0) is 61.4 Å². The first kappa shape index (κ1) is 19.4. The lowest BCUT2D eigenvalue weighted by molar-refractivity contribution is 0.162. The summed E-state index contributed by atoms with van der Waals surface area (Å²) in [6, 6.07) is 12.4. The van der Waals surface area contributed by atoms with E-state index in [4.69, 9.17) is 4.74 Å². The van der Waals surface area contributed by atoms with Gasteiger partial charge in [0.2, 0.25) is 0 Å². The Morgan fingerprint density at radius 3 is 1.10 bits per heavy atom. The molecule has 114 valence electrons. The van der Waals surface area contributed by atoms with Crippen molar-refractivity contribution in [2.24, 2.45) is 0 Å². The third kappa shape index (κ3) is 7.42. The van der Waals surface area contributed by atoms with Crippen molar-refractivity contribution in [3.05, 3.63) is 54.3 Å². The molecule has 0 amide bonds. The highest BCUT2D eigenvalue weighted by Crippen LogP contribution is 2.31.